The zero-order valence-electron chi connectivity index (χ0n) is 11.7. The van der Waals surface area contributed by atoms with Crippen molar-refractivity contribution in [3.63, 3.8) is 0 Å². The van der Waals surface area contributed by atoms with Crippen molar-refractivity contribution in [3.05, 3.63) is 35.7 Å². The summed E-state index contributed by atoms with van der Waals surface area (Å²) in [5.41, 5.74) is 8.73. The molecule has 0 unspecified atom stereocenters. The molecule has 0 radical (unpaired) electrons. The minimum atomic E-state index is -3.51. The second-order valence-corrected chi connectivity index (χ2v) is 6.33. The average molecular weight is 294 g/mol. The normalized spacial score (nSPS) is 11.8. The van der Waals surface area contributed by atoms with Gasteiger partial charge in [0, 0.05) is 12.2 Å². The van der Waals surface area contributed by atoms with Gasteiger partial charge in [-0.15, -0.1) is 0 Å². The number of rotatable bonds is 4. The Morgan fingerprint density at radius 1 is 1.30 bits per heavy atom. The fourth-order valence-electron chi connectivity index (χ4n) is 2.02. The molecule has 0 atom stereocenters. The van der Waals surface area contributed by atoms with Gasteiger partial charge in [0.15, 0.2) is 0 Å². The van der Waals surface area contributed by atoms with E-state index >= 15 is 0 Å². The van der Waals surface area contributed by atoms with E-state index in [1.807, 2.05) is 19.9 Å². The number of hydrogen-bond acceptors (Lipinski definition) is 4. The Morgan fingerprint density at radius 2 is 2.00 bits per heavy atom. The zero-order valence-corrected chi connectivity index (χ0v) is 12.5. The Morgan fingerprint density at radius 3 is 2.55 bits per heavy atom. The molecule has 6 nitrogen and oxygen atoms in total. The number of anilines is 1. The van der Waals surface area contributed by atoms with Crippen molar-refractivity contribution in [1.82, 2.24) is 14.5 Å². The summed E-state index contributed by atoms with van der Waals surface area (Å²) in [6, 6.07) is 6.51. The fourth-order valence-corrected chi connectivity index (χ4v) is 3.08. The Bertz CT molecular complexity index is 735. The molecule has 0 fully saturated rings. The second-order valence-electron chi connectivity index (χ2n) is 4.56. The van der Waals surface area contributed by atoms with E-state index in [1.54, 1.807) is 17.7 Å². The number of aromatic nitrogens is 2. The number of aryl methyl sites for hydroxylation is 2. The summed E-state index contributed by atoms with van der Waals surface area (Å²) in [6.45, 7) is 5.84. The quantitative estimate of drug-likeness (QED) is 0.833. The lowest BCUT2D eigenvalue weighted by Gasteiger charge is -2.11. The fraction of sp³-hybridized carbons (Fsp3) is 0.308. The van der Waals surface area contributed by atoms with Crippen LogP contribution in [0.5, 0.6) is 0 Å². The van der Waals surface area contributed by atoms with Crippen molar-refractivity contribution in [2.75, 3.05) is 12.3 Å². The van der Waals surface area contributed by atoms with Crippen LogP contribution in [0.3, 0.4) is 0 Å². The van der Waals surface area contributed by atoms with Crippen LogP contribution in [0.1, 0.15) is 18.3 Å². The molecule has 1 aromatic carbocycles. The number of benzene rings is 1. The van der Waals surface area contributed by atoms with Crippen molar-refractivity contribution < 1.29 is 8.42 Å². The molecule has 7 heteroatoms. The van der Waals surface area contributed by atoms with E-state index in [-0.39, 0.29) is 4.90 Å². The predicted molar refractivity (Wildman–Crippen MR) is 78.3 cm³/mol. The molecule has 1 heterocycles. The first kappa shape index (κ1) is 14.5. The van der Waals surface area contributed by atoms with Gasteiger partial charge >= 0.3 is 0 Å². The maximum absolute atomic E-state index is 12.0. The first-order valence-corrected chi connectivity index (χ1v) is 7.76. The number of nitrogens with zero attached hydrogens (tertiary/aromatic N) is 2. The summed E-state index contributed by atoms with van der Waals surface area (Å²) in [4.78, 5) is 0.177. The van der Waals surface area contributed by atoms with Crippen LogP contribution in [0.15, 0.2) is 29.2 Å². The molecule has 0 bridgehead atoms. The summed E-state index contributed by atoms with van der Waals surface area (Å²) in [5, 5.41) is 4.33. The molecule has 20 heavy (non-hydrogen) atoms. The Kier molecular flexibility index (Phi) is 3.82. The molecule has 0 saturated carbocycles. The molecular weight excluding hydrogens is 276 g/mol. The third-order valence-corrected chi connectivity index (χ3v) is 4.43. The van der Waals surface area contributed by atoms with Crippen molar-refractivity contribution >= 4 is 15.7 Å². The summed E-state index contributed by atoms with van der Waals surface area (Å²) in [5.74, 6) is 0. The molecular formula is C13H18N4O2S. The maximum Gasteiger partial charge on any atom is 0.240 e. The van der Waals surface area contributed by atoms with E-state index < -0.39 is 10.0 Å². The van der Waals surface area contributed by atoms with Crippen molar-refractivity contribution in [1.29, 1.82) is 0 Å². The highest BCUT2D eigenvalue weighted by Gasteiger charge is 2.16. The molecule has 3 N–H and O–H groups in total. The van der Waals surface area contributed by atoms with Crippen LogP contribution in [0.4, 0.5) is 5.69 Å². The smallest absolute Gasteiger partial charge is 0.240 e. The second kappa shape index (κ2) is 5.26. The zero-order chi connectivity index (χ0) is 14.9. The van der Waals surface area contributed by atoms with Crippen LogP contribution in [0.25, 0.3) is 5.69 Å². The van der Waals surface area contributed by atoms with E-state index in [2.05, 4.69) is 9.82 Å². The lowest BCUT2D eigenvalue weighted by atomic mass is 10.2. The van der Waals surface area contributed by atoms with E-state index in [1.165, 1.54) is 12.1 Å². The molecule has 0 amide bonds. The molecule has 0 saturated heterocycles. The largest absolute Gasteiger partial charge is 0.397 e. The van der Waals surface area contributed by atoms with Gasteiger partial charge in [-0.05, 0) is 38.1 Å². The molecule has 0 aliphatic carbocycles. The Labute approximate surface area is 118 Å². The predicted octanol–water partition coefficient (Wildman–Crippen LogP) is 1.37. The van der Waals surface area contributed by atoms with Crippen molar-refractivity contribution in [3.8, 4) is 5.69 Å². The van der Waals surface area contributed by atoms with Crippen LogP contribution in [-0.4, -0.2) is 24.7 Å². The summed E-state index contributed by atoms with van der Waals surface area (Å²) in [6.07, 6.45) is 0. The van der Waals surface area contributed by atoms with Crippen molar-refractivity contribution in [2.24, 2.45) is 0 Å². The minimum absolute atomic E-state index is 0.177. The summed E-state index contributed by atoms with van der Waals surface area (Å²) in [7, 11) is -3.51. The molecule has 0 aliphatic heterocycles. The number of nitrogens with one attached hydrogen (secondary N) is 1. The SMILES string of the molecule is CCNS(=O)(=O)c1ccc(N)c(-n2nc(C)cc2C)c1. The Hall–Kier alpha value is -1.86. The molecule has 0 aliphatic rings. The van der Waals surface area contributed by atoms with Gasteiger partial charge in [0.1, 0.15) is 0 Å². The molecule has 2 aromatic rings. The monoisotopic (exact) mass is 294 g/mol. The van der Waals surface area contributed by atoms with E-state index in [9.17, 15) is 8.42 Å². The highest BCUT2D eigenvalue weighted by Crippen LogP contribution is 2.23. The molecule has 1 aromatic heterocycles. The molecule has 2 rings (SSSR count). The van der Waals surface area contributed by atoms with Crippen LogP contribution >= 0.6 is 0 Å². The van der Waals surface area contributed by atoms with Gasteiger partial charge in [-0.1, -0.05) is 6.92 Å². The van der Waals surface area contributed by atoms with Gasteiger partial charge in [0.05, 0.1) is 22.0 Å². The molecule has 108 valence electrons. The van der Waals surface area contributed by atoms with Crippen LogP contribution in [0, 0.1) is 13.8 Å². The van der Waals surface area contributed by atoms with E-state index in [0.29, 0.717) is 17.9 Å². The number of hydrogen-bond donors (Lipinski definition) is 2. The van der Waals surface area contributed by atoms with Crippen LogP contribution in [0.2, 0.25) is 0 Å². The Balaban J connectivity index is 2.58. The average Bonchev–Trinajstić information content (AvgIpc) is 2.68. The first-order valence-electron chi connectivity index (χ1n) is 6.28. The number of nitrogen functional groups attached to an aromatic ring is 1. The third kappa shape index (κ3) is 2.68. The van der Waals surface area contributed by atoms with Crippen LogP contribution in [-0.2, 0) is 10.0 Å². The van der Waals surface area contributed by atoms with Crippen molar-refractivity contribution in [2.45, 2.75) is 25.7 Å². The van der Waals surface area contributed by atoms with Gasteiger partial charge in [-0.3, -0.25) is 0 Å². The van der Waals surface area contributed by atoms with Gasteiger partial charge in [0.25, 0.3) is 0 Å². The van der Waals surface area contributed by atoms with E-state index in [0.717, 1.165) is 11.4 Å². The van der Waals surface area contributed by atoms with Gasteiger partial charge in [0.2, 0.25) is 10.0 Å². The first-order chi connectivity index (χ1) is 9.35. The lowest BCUT2D eigenvalue weighted by Crippen LogP contribution is -2.23. The lowest BCUT2D eigenvalue weighted by molar-refractivity contribution is 0.584. The summed E-state index contributed by atoms with van der Waals surface area (Å²) >= 11 is 0. The van der Waals surface area contributed by atoms with Gasteiger partial charge < -0.3 is 5.73 Å². The van der Waals surface area contributed by atoms with Gasteiger partial charge in [-0.25, -0.2) is 17.8 Å². The highest BCUT2D eigenvalue weighted by atomic mass is 32.2. The maximum atomic E-state index is 12.0. The summed E-state index contributed by atoms with van der Waals surface area (Å²) < 4.78 is 28.2. The topological polar surface area (TPSA) is 90.0 Å². The number of nitrogens with two attached hydrogens (primary N) is 1. The minimum Gasteiger partial charge on any atom is -0.397 e. The molecule has 0 spiro atoms. The van der Waals surface area contributed by atoms with E-state index in [4.69, 9.17) is 5.73 Å². The third-order valence-electron chi connectivity index (χ3n) is 2.88. The highest BCUT2D eigenvalue weighted by molar-refractivity contribution is 7.89. The van der Waals surface area contributed by atoms with Gasteiger partial charge in [-0.2, -0.15) is 5.10 Å². The number of sulfonamides is 1. The van der Waals surface area contributed by atoms with Crippen LogP contribution < -0.4 is 10.5 Å². The standard InChI is InChI=1S/C13H18N4O2S/c1-4-15-20(18,19)11-5-6-12(14)13(8-11)17-10(3)7-9(2)16-17/h5-8,15H,4,14H2,1-3H3.